The number of fused-ring (bicyclic) bond motifs is 5. The molecule has 12 heteroatoms. The number of pyridine rings is 2. The van der Waals surface area contributed by atoms with Gasteiger partial charge in [0.1, 0.15) is 19.0 Å². The number of nitrogens with zero attached hydrogens (tertiary/aromatic N) is 5. The number of azo groups is 1. The maximum Gasteiger partial charge on any atom is 0.514 e. The van der Waals surface area contributed by atoms with Crippen LogP contribution in [0.5, 0.6) is 5.75 Å². The van der Waals surface area contributed by atoms with Crippen LogP contribution in [-0.4, -0.2) is 40.9 Å². The third-order valence-corrected chi connectivity index (χ3v) is 9.27. The van der Waals surface area contributed by atoms with Crippen molar-refractivity contribution < 1.29 is 28.9 Å². The van der Waals surface area contributed by atoms with E-state index in [9.17, 15) is 19.5 Å². The largest absolute Gasteiger partial charge is 0.514 e. The van der Waals surface area contributed by atoms with Gasteiger partial charge in [-0.15, -0.1) is 0 Å². The van der Waals surface area contributed by atoms with Crippen LogP contribution in [-0.2, 0) is 46.0 Å². The zero-order valence-electron chi connectivity index (χ0n) is 28.1. The van der Waals surface area contributed by atoms with Crippen LogP contribution in [0.2, 0.25) is 0 Å². The zero-order valence-corrected chi connectivity index (χ0v) is 28.1. The molecule has 2 aliphatic rings. The van der Waals surface area contributed by atoms with E-state index in [2.05, 4.69) is 10.2 Å². The first-order chi connectivity index (χ1) is 24.1. The Kier molecular flexibility index (Phi) is 8.40. The van der Waals surface area contributed by atoms with Gasteiger partial charge in [-0.1, -0.05) is 26.0 Å². The lowest BCUT2D eigenvalue weighted by Gasteiger charge is -2.31. The van der Waals surface area contributed by atoms with Crippen molar-refractivity contribution >= 4 is 40.1 Å². The molecule has 0 bridgehead atoms. The second-order valence-electron chi connectivity index (χ2n) is 12.5. The van der Waals surface area contributed by atoms with E-state index in [0.717, 1.165) is 33.5 Å². The molecule has 2 aliphatic heterocycles. The summed E-state index contributed by atoms with van der Waals surface area (Å²) in [7, 11) is 3.95. The van der Waals surface area contributed by atoms with Gasteiger partial charge in [0.05, 0.1) is 40.4 Å². The fraction of sp³-hybridized carbons (Fsp3) is 0.263. The number of cyclic esters (lactones) is 1. The molecular formula is C38H35N5O7. The number of aryl methyl sites for hydroxylation is 1. The highest BCUT2D eigenvalue weighted by atomic mass is 16.7. The number of hydrogen-bond acceptors (Lipinski definition) is 11. The minimum atomic E-state index is -1.91. The van der Waals surface area contributed by atoms with Crippen molar-refractivity contribution in [3.8, 4) is 17.1 Å². The maximum absolute atomic E-state index is 13.6. The Labute approximate surface area is 287 Å². The Balaban J connectivity index is 1.07. The molecule has 0 aliphatic carbocycles. The summed E-state index contributed by atoms with van der Waals surface area (Å²) in [5.41, 5.74) is 5.06. The molecule has 2 aromatic heterocycles. The number of rotatable bonds is 8. The summed E-state index contributed by atoms with van der Waals surface area (Å²) in [5.74, 6) is -0.527. The van der Waals surface area contributed by atoms with Crippen LogP contribution >= 0.6 is 0 Å². The minimum absolute atomic E-state index is 0.00488. The highest BCUT2D eigenvalue weighted by molar-refractivity contribution is 5.90. The smallest absolute Gasteiger partial charge is 0.458 e. The summed E-state index contributed by atoms with van der Waals surface area (Å²) in [4.78, 5) is 45.7. The summed E-state index contributed by atoms with van der Waals surface area (Å²) >= 11 is 0. The lowest BCUT2D eigenvalue weighted by molar-refractivity contribution is -0.172. The zero-order chi connectivity index (χ0) is 35.2. The number of hydrogen-bond donors (Lipinski definition) is 1. The van der Waals surface area contributed by atoms with Gasteiger partial charge in [-0.25, -0.2) is 14.6 Å². The van der Waals surface area contributed by atoms with Crippen LogP contribution in [0.3, 0.4) is 0 Å². The first kappa shape index (κ1) is 32.7. The molecule has 0 unspecified atom stereocenters. The molecule has 12 nitrogen and oxygen atoms in total. The van der Waals surface area contributed by atoms with Gasteiger partial charge in [-0.2, -0.15) is 10.2 Å². The number of aliphatic hydroxyl groups is 1. The van der Waals surface area contributed by atoms with E-state index in [-0.39, 0.29) is 42.1 Å². The fourth-order valence-corrected chi connectivity index (χ4v) is 6.47. The molecule has 5 aromatic rings. The number of esters is 1. The maximum atomic E-state index is 13.6. The quantitative estimate of drug-likeness (QED) is 0.104. The molecule has 1 N–H and O–H groups in total. The predicted molar refractivity (Wildman–Crippen MR) is 186 cm³/mol. The van der Waals surface area contributed by atoms with Gasteiger partial charge >= 0.3 is 12.1 Å². The van der Waals surface area contributed by atoms with Crippen LogP contribution in [0.15, 0.2) is 87.8 Å². The van der Waals surface area contributed by atoms with Gasteiger partial charge in [0.2, 0.25) is 0 Å². The van der Waals surface area contributed by atoms with Crippen molar-refractivity contribution in [1.82, 2.24) is 9.55 Å². The van der Waals surface area contributed by atoms with E-state index < -0.39 is 17.7 Å². The number of carbonyl (C=O) groups excluding carboxylic acids is 2. The molecule has 7 rings (SSSR count). The van der Waals surface area contributed by atoms with Gasteiger partial charge in [0, 0.05) is 42.4 Å². The van der Waals surface area contributed by atoms with Crippen LogP contribution in [0.4, 0.5) is 21.9 Å². The van der Waals surface area contributed by atoms with Gasteiger partial charge in [-0.3, -0.25) is 4.79 Å². The molecule has 4 heterocycles. The van der Waals surface area contributed by atoms with E-state index in [4.69, 9.17) is 19.2 Å². The first-order valence-corrected chi connectivity index (χ1v) is 16.3. The van der Waals surface area contributed by atoms with Crippen molar-refractivity contribution in [3.05, 3.63) is 111 Å². The van der Waals surface area contributed by atoms with E-state index in [1.807, 2.05) is 56.3 Å². The molecule has 0 saturated heterocycles. The van der Waals surface area contributed by atoms with E-state index in [1.165, 1.54) is 0 Å². The molecule has 0 amide bonds. The average Bonchev–Trinajstić information content (AvgIpc) is 3.49. The number of aromatic nitrogens is 2. The second kappa shape index (κ2) is 12.9. The number of ether oxygens (including phenoxy) is 3. The number of carbonyl (C=O) groups is 2. The molecule has 0 radical (unpaired) electrons. The Morgan fingerprint density at radius 1 is 0.980 bits per heavy atom. The predicted octanol–water partition coefficient (Wildman–Crippen LogP) is 6.84. The summed E-state index contributed by atoms with van der Waals surface area (Å²) in [5, 5.41) is 20.6. The van der Waals surface area contributed by atoms with Crippen LogP contribution in [0.25, 0.3) is 22.3 Å². The summed E-state index contributed by atoms with van der Waals surface area (Å²) in [6.45, 7) is 3.80. The number of anilines is 1. The van der Waals surface area contributed by atoms with Gasteiger partial charge < -0.3 is 28.8 Å². The van der Waals surface area contributed by atoms with Crippen molar-refractivity contribution in [2.75, 3.05) is 19.0 Å². The van der Waals surface area contributed by atoms with Crippen molar-refractivity contribution in [3.63, 3.8) is 0 Å². The van der Waals surface area contributed by atoms with Gasteiger partial charge in [-0.05, 0) is 78.6 Å². The Morgan fingerprint density at radius 2 is 1.68 bits per heavy atom. The van der Waals surface area contributed by atoms with E-state index >= 15 is 0 Å². The van der Waals surface area contributed by atoms with E-state index in [0.29, 0.717) is 35.6 Å². The minimum Gasteiger partial charge on any atom is -0.458 e. The van der Waals surface area contributed by atoms with Crippen LogP contribution in [0.1, 0.15) is 48.1 Å². The lowest BCUT2D eigenvalue weighted by atomic mass is 9.86. The molecule has 1 atom stereocenters. The molecule has 254 valence electrons. The monoisotopic (exact) mass is 673 g/mol. The van der Waals surface area contributed by atoms with E-state index in [1.54, 1.807) is 54.0 Å². The van der Waals surface area contributed by atoms with Gasteiger partial charge in [0.15, 0.2) is 5.60 Å². The van der Waals surface area contributed by atoms with Crippen LogP contribution < -0.4 is 15.2 Å². The Hall–Kier alpha value is -5.88. The highest BCUT2D eigenvalue weighted by Crippen LogP contribution is 2.40. The molecule has 50 heavy (non-hydrogen) atoms. The normalized spacial score (nSPS) is 16.1. The summed E-state index contributed by atoms with van der Waals surface area (Å²) in [6.07, 6.45) is -0.155. The molecule has 3 aromatic carbocycles. The molecule has 0 spiro atoms. The molecule has 0 fully saturated rings. The second-order valence-corrected chi connectivity index (χ2v) is 12.5. The standard InChI is InChI=1S/C38H35N5O7/c1-5-27-28-16-15-26(50-37(46)49-20-22-7-9-23(10-8-22)40-41-24-11-13-25(14-12-24)42(3)4)17-32(28)39-34-29(27)19-43-33(34)18-31-30(35(43)44)21-48-36(45)38(31,47)6-2/h7-18,47H,5-6,19-21H2,1-4H3/t38-/m0/s1. The third kappa shape index (κ3) is 5.77. The fourth-order valence-electron chi connectivity index (χ4n) is 6.47. The molecular weight excluding hydrogens is 638 g/mol. The summed E-state index contributed by atoms with van der Waals surface area (Å²) in [6, 6.07) is 21.8. The molecule has 0 saturated carbocycles. The highest BCUT2D eigenvalue weighted by Gasteiger charge is 2.45. The van der Waals surface area contributed by atoms with Crippen molar-refractivity contribution in [2.24, 2.45) is 10.2 Å². The SMILES string of the molecule is CCc1c2c(nc3cc(OC(=O)OCc4ccc(N=Nc5ccc(N(C)C)cc5)cc4)ccc13)-c1cc3c(c(=O)n1C2)COC(=O)[C@]3(O)CC. The Morgan fingerprint density at radius 3 is 2.34 bits per heavy atom. The lowest BCUT2D eigenvalue weighted by Crippen LogP contribution is -2.44. The first-order valence-electron chi connectivity index (χ1n) is 16.3. The summed E-state index contributed by atoms with van der Waals surface area (Å²) < 4.78 is 17.7. The Bertz CT molecular complexity index is 2240. The van der Waals surface area contributed by atoms with Crippen molar-refractivity contribution in [2.45, 2.75) is 52.0 Å². The topological polar surface area (TPSA) is 145 Å². The third-order valence-electron chi connectivity index (χ3n) is 9.27. The average molecular weight is 674 g/mol. The number of benzene rings is 3. The van der Waals surface area contributed by atoms with Crippen molar-refractivity contribution in [1.29, 1.82) is 0 Å². The van der Waals surface area contributed by atoms with Crippen LogP contribution in [0, 0.1) is 0 Å². The van der Waals surface area contributed by atoms with Gasteiger partial charge in [0.25, 0.3) is 5.56 Å².